The van der Waals surface area contributed by atoms with Crippen LogP contribution >= 0.6 is 12.4 Å². The molecule has 0 radical (unpaired) electrons. The van der Waals surface area contributed by atoms with Crippen LogP contribution in [0.15, 0.2) is 30.3 Å². The third-order valence-electron chi connectivity index (χ3n) is 4.23. The highest BCUT2D eigenvalue weighted by Gasteiger charge is 2.26. The summed E-state index contributed by atoms with van der Waals surface area (Å²) in [5.74, 6) is 1.84. The summed E-state index contributed by atoms with van der Waals surface area (Å²) in [5, 5.41) is 3.46. The number of benzene rings is 1. The molecule has 2 fully saturated rings. The number of anilines is 1. The molecule has 0 aromatic heterocycles. The monoisotopic (exact) mass is 280 g/mol. The summed E-state index contributed by atoms with van der Waals surface area (Å²) in [6.45, 7) is 4.93. The minimum absolute atomic E-state index is 0. The molecular weight excluding hydrogens is 256 g/mol. The Morgan fingerprint density at radius 3 is 2.05 bits per heavy atom. The first-order chi connectivity index (χ1) is 8.92. The molecule has 0 spiro atoms. The standard InChI is InChI=1S/C16H24N2.ClH/c1-2-4-16(5-3-1)18(12-14-6-7-14)13-15-8-10-17-11-9-15;/h1-5,14-15,17H,6-13H2;1H. The van der Waals surface area contributed by atoms with Crippen LogP contribution in [-0.2, 0) is 0 Å². The van der Waals surface area contributed by atoms with Crippen molar-refractivity contribution in [3.8, 4) is 0 Å². The molecule has 0 bridgehead atoms. The van der Waals surface area contributed by atoms with E-state index in [0.717, 1.165) is 11.8 Å². The first-order valence-electron chi connectivity index (χ1n) is 7.42. The van der Waals surface area contributed by atoms with Crippen molar-refractivity contribution >= 4 is 18.1 Å². The number of nitrogens with one attached hydrogen (secondary N) is 1. The Labute approximate surface area is 123 Å². The third-order valence-corrected chi connectivity index (χ3v) is 4.23. The minimum atomic E-state index is 0. The van der Waals surface area contributed by atoms with Crippen LogP contribution in [0, 0.1) is 11.8 Å². The lowest BCUT2D eigenvalue weighted by atomic mass is 9.97. The summed E-state index contributed by atoms with van der Waals surface area (Å²) in [7, 11) is 0. The summed E-state index contributed by atoms with van der Waals surface area (Å²) in [5.41, 5.74) is 1.42. The first kappa shape index (κ1) is 14.7. The number of piperidine rings is 1. The highest BCUT2D eigenvalue weighted by Crippen LogP contribution is 2.32. The first-order valence-corrected chi connectivity index (χ1v) is 7.42. The van der Waals surface area contributed by atoms with Crippen LogP contribution in [0.4, 0.5) is 5.69 Å². The van der Waals surface area contributed by atoms with Crippen LogP contribution in [0.3, 0.4) is 0 Å². The molecule has 1 aromatic rings. The summed E-state index contributed by atoms with van der Waals surface area (Å²) >= 11 is 0. The highest BCUT2D eigenvalue weighted by atomic mass is 35.5. The van der Waals surface area contributed by atoms with Gasteiger partial charge in [-0.1, -0.05) is 18.2 Å². The van der Waals surface area contributed by atoms with E-state index in [0.29, 0.717) is 0 Å². The van der Waals surface area contributed by atoms with Gasteiger partial charge in [0.1, 0.15) is 0 Å². The molecule has 2 aliphatic rings. The van der Waals surface area contributed by atoms with E-state index in [1.54, 1.807) is 0 Å². The van der Waals surface area contributed by atoms with Crippen LogP contribution in [0.2, 0.25) is 0 Å². The molecule has 1 saturated carbocycles. The lowest BCUT2D eigenvalue weighted by molar-refractivity contribution is 0.372. The Morgan fingerprint density at radius 2 is 1.47 bits per heavy atom. The van der Waals surface area contributed by atoms with Gasteiger partial charge in [-0.3, -0.25) is 0 Å². The van der Waals surface area contributed by atoms with E-state index >= 15 is 0 Å². The lowest BCUT2D eigenvalue weighted by Crippen LogP contribution is -2.37. The van der Waals surface area contributed by atoms with Gasteiger partial charge < -0.3 is 10.2 Å². The van der Waals surface area contributed by atoms with Crippen LogP contribution in [0.5, 0.6) is 0 Å². The Kier molecular flexibility index (Phi) is 5.53. The molecule has 106 valence electrons. The van der Waals surface area contributed by atoms with E-state index in [2.05, 4.69) is 40.5 Å². The number of rotatable bonds is 5. The second-order valence-corrected chi connectivity index (χ2v) is 5.88. The van der Waals surface area contributed by atoms with Gasteiger partial charge in [0.2, 0.25) is 0 Å². The van der Waals surface area contributed by atoms with Gasteiger partial charge in [0, 0.05) is 18.8 Å². The largest absolute Gasteiger partial charge is 0.371 e. The van der Waals surface area contributed by atoms with Gasteiger partial charge in [-0.2, -0.15) is 0 Å². The van der Waals surface area contributed by atoms with Crippen LogP contribution in [0.25, 0.3) is 0 Å². The molecular formula is C16H25ClN2. The Balaban J connectivity index is 0.00000133. The quantitative estimate of drug-likeness (QED) is 0.890. The van der Waals surface area contributed by atoms with E-state index < -0.39 is 0 Å². The van der Waals surface area contributed by atoms with Crippen molar-refractivity contribution in [1.82, 2.24) is 5.32 Å². The Bertz CT molecular complexity index is 358. The zero-order valence-electron chi connectivity index (χ0n) is 11.6. The maximum absolute atomic E-state index is 3.46. The topological polar surface area (TPSA) is 15.3 Å². The lowest BCUT2D eigenvalue weighted by Gasteiger charge is -2.31. The predicted molar refractivity (Wildman–Crippen MR) is 84.2 cm³/mol. The van der Waals surface area contributed by atoms with Crippen molar-refractivity contribution in [3.63, 3.8) is 0 Å². The minimum Gasteiger partial charge on any atom is -0.371 e. The van der Waals surface area contributed by atoms with Gasteiger partial charge in [0.15, 0.2) is 0 Å². The van der Waals surface area contributed by atoms with E-state index in [-0.39, 0.29) is 12.4 Å². The second kappa shape index (κ2) is 7.16. The molecule has 1 saturated heterocycles. The maximum atomic E-state index is 3.46. The van der Waals surface area contributed by atoms with Crippen LogP contribution in [-0.4, -0.2) is 26.2 Å². The fraction of sp³-hybridized carbons (Fsp3) is 0.625. The van der Waals surface area contributed by atoms with Crippen molar-refractivity contribution in [2.45, 2.75) is 25.7 Å². The molecule has 1 aliphatic heterocycles. The van der Waals surface area contributed by atoms with E-state index in [1.165, 1.54) is 57.5 Å². The molecule has 1 N–H and O–H groups in total. The average Bonchev–Trinajstić information content (AvgIpc) is 3.24. The van der Waals surface area contributed by atoms with Crippen molar-refractivity contribution in [2.75, 3.05) is 31.1 Å². The maximum Gasteiger partial charge on any atom is 0.0366 e. The van der Waals surface area contributed by atoms with E-state index in [4.69, 9.17) is 0 Å². The molecule has 19 heavy (non-hydrogen) atoms. The number of halogens is 1. The molecule has 0 atom stereocenters. The number of hydrogen-bond donors (Lipinski definition) is 1. The van der Waals surface area contributed by atoms with Gasteiger partial charge >= 0.3 is 0 Å². The molecule has 3 rings (SSSR count). The molecule has 0 amide bonds. The van der Waals surface area contributed by atoms with Crippen molar-refractivity contribution in [1.29, 1.82) is 0 Å². The fourth-order valence-corrected chi connectivity index (χ4v) is 2.91. The molecule has 1 heterocycles. The van der Waals surface area contributed by atoms with Gasteiger partial charge in [-0.05, 0) is 62.7 Å². The zero-order valence-corrected chi connectivity index (χ0v) is 12.4. The zero-order chi connectivity index (χ0) is 12.2. The second-order valence-electron chi connectivity index (χ2n) is 5.88. The van der Waals surface area contributed by atoms with Crippen LogP contribution < -0.4 is 10.2 Å². The number of nitrogens with zero attached hydrogens (tertiary/aromatic N) is 1. The Morgan fingerprint density at radius 1 is 0.895 bits per heavy atom. The van der Waals surface area contributed by atoms with Crippen molar-refractivity contribution in [3.05, 3.63) is 30.3 Å². The van der Waals surface area contributed by atoms with E-state index in [1.807, 2.05) is 0 Å². The Hall–Kier alpha value is -0.730. The van der Waals surface area contributed by atoms with Gasteiger partial charge in [0.05, 0.1) is 0 Å². The number of para-hydroxylation sites is 1. The van der Waals surface area contributed by atoms with Crippen molar-refractivity contribution < 1.29 is 0 Å². The summed E-state index contributed by atoms with van der Waals surface area (Å²) in [4.78, 5) is 2.63. The fourth-order valence-electron chi connectivity index (χ4n) is 2.91. The molecule has 3 heteroatoms. The van der Waals surface area contributed by atoms with E-state index in [9.17, 15) is 0 Å². The van der Waals surface area contributed by atoms with Crippen molar-refractivity contribution in [2.24, 2.45) is 11.8 Å². The third kappa shape index (κ3) is 4.39. The number of hydrogen-bond acceptors (Lipinski definition) is 2. The normalized spacial score (nSPS) is 19.8. The van der Waals surface area contributed by atoms with Crippen LogP contribution in [0.1, 0.15) is 25.7 Å². The van der Waals surface area contributed by atoms with Gasteiger partial charge in [-0.15, -0.1) is 12.4 Å². The summed E-state index contributed by atoms with van der Waals surface area (Å²) in [6.07, 6.45) is 5.56. The molecule has 1 aliphatic carbocycles. The predicted octanol–water partition coefficient (Wildman–Crippen LogP) is 3.32. The summed E-state index contributed by atoms with van der Waals surface area (Å²) in [6, 6.07) is 11.0. The molecule has 0 unspecified atom stereocenters. The molecule has 1 aromatic carbocycles. The van der Waals surface area contributed by atoms with Gasteiger partial charge in [0.25, 0.3) is 0 Å². The van der Waals surface area contributed by atoms with Gasteiger partial charge in [-0.25, -0.2) is 0 Å². The highest BCUT2D eigenvalue weighted by molar-refractivity contribution is 5.85. The smallest absolute Gasteiger partial charge is 0.0366 e. The summed E-state index contributed by atoms with van der Waals surface area (Å²) < 4.78 is 0. The average molecular weight is 281 g/mol. The molecule has 2 nitrogen and oxygen atoms in total. The SMILES string of the molecule is Cl.c1ccc(N(CC2CCNCC2)CC2CC2)cc1.